The van der Waals surface area contributed by atoms with E-state index in [9.17, 15) is 9.59 Å². The van der Waals surface area contributed by atoms with Gasteiger partial charge < -0.3 is 19.1 Å². The Kier molecular flexibility index (Phi) is 9.21. The van der Waals surface area contributed by atoms with Crippen LogP contribution in [-0.4, -0.2) is 76.1 Å². The second-order valence-corrected chi connectivity index (χ2v) is 13.5. The number of benzene rings is 2. The maximum Gasteiger partial charge on any atom is 0.310 e. The van der Waals surface area contributed by atoms with Crippen LogP contribution in [0.1, 0.15) is 51.5 Å². The summed E-state index contributed by atoms with van der Waals surface area (Å²) in [7, 11) is 0. The number of carbonyl (C=O) groups excluding carboxylic acids is 2. The molecule has 6 rings (SSSR count). The monoisotopic (exact) mass is 605 g/mol. The van der Waals surface area contributed by atoms with Gasteiger partial charge in [0.05, 0.1) is 18.2 Å². The van der Waals surface area contributed by atoms with Gasteiger partial charge in [-0.1, -0.05) is 26.0 Å². The lowest BCUT2D eigenvalue weighted by atomic mass is 9.77. The van der Waals surface area contributed by atoms with Gasteiger partial charge in [-0.25, -0.2) is 0 Å². The summed E-state index contributed by atoms with van der Waals surface area (Å²) in [6.07, 6.45) is 3.73. The Morgan fingerprint density at radius 3 is 2.65 bits per heavy atom. The van der Waals surface area contributed by atoms with Gasteiger partial charge >= 0.3 is 5.97 Å². The van der Waals surface area contributed by atoms with Crippen molar-refractivity contribution in [2.24, 2.45) is 5.92 Å². The summed E-state index contributed by atoms with van der Waals surface area (Å²) in [6, 6.07) is 14.8. The second-order valence-electron chi connectivity index (χ2n) is 12.5. The Morgan fingerprint density at radius 1 is 1.02 bits per heavy atom. The van der Waals surface area contributed by atoms with E-state index in [1.165, 1.54) is 15.8 Å². The number of fused-ring (bicyclic) bond motifs is 2. The van der Waals surface area contributed by atoms with Gasteiger partial charge in [0.2, 0.25) is 5.91 Å². The van der Waals surface area contributed by atoms with Gasteiger partial charge in [-0.05, 0) is 67.4 Å². The highest BCUT2D eigenvalue weighted by Crippen LogP contribution is 2.42. The van der Waals surface area contributed by atoms with Crippen LogP contribution >= 0.6 is 11.3 Å². The minimum Gasteiger partial charge on any atom is -0.494 e. The molecule has 4 heterocycles. The van der Waals surface area contributed by atoms with Crippen LogP contribution in [0.3, 0.4) is 0 Å². The maximum atomic E-state index is 13.1. The van der Waals surface area contributed by atoms with Gasteiger partial charge in [-0.15, -0.1) is 11.3 Å². The van der Waals surface area contributed by atoms with Crippen LogP contribution < -0.4 is 14.5 Å². The summed E-state index contributed by atoms with van der Waals surface area (Å²) in [5.41, 5.74) is 2.90. The number of thiophene rings is 1. The van der Waals surface area contributed by atoms with Crippen molar-refractivity contribution in [1.29, 1.82) is 0 Å². The molecule has 2 aromatic carbocycles. The minimum absolute atomic E-state index is 0.0403. The van der Waals surface area contributed by atoms with E-state index in [-0.39, 0.29) is 29.9 Å². The number of nitrogens with zero attached hydrogens (tertiary/aromatic N) is 3. The zero-order chi connectivity index (χ0) is 29.8. The molecule has 8 nitrogen and oxygen atoms in total. The quantitative estimate of drug-likeness (QED) is 0.213. The zero-order valence-corrected chi connectivity index (χ0v) is 26.2. The van der Waals surface area contributed by atoms with Crippen molar-refractivity contribution in [3.8, 4) is 5.75 Å². The topological polar surface area (TPSA) is 71.5 Å². The molecule has 0 unspecified atom stereocenters. The summed E-state index contributed by atoms with van der Waals surface area (Å²) < 4.78 is 18.5. The lowest BCUT2D eigenvalue weighted by Crippen LogP contribution is -2.46. The molecule has 1 amide bonds. The summed E-state index contributed by atoms with van der Waals surface area (Å²) >= 11 is 1.81. The predicted octanol–water partition coefficient (Wildman–Crippen LogP) is 5.82. The second kappa shape index (κ2) is 13.2. The first kappa shape index (κ1) is 29.9. The molecule has 0 bridgehead atoms. The third kappa shape index (κ3) is 6.84. The van der Waals surface area contributed by atoms with Gasteiger partial charge in [-0.3, -0.25) is 19.4 Å². The van der Waals surface area contributed by atoms with E-state index in [1.807, 2.05) is 23.5 Å². The third-order valence-electron chi connectivity index (χ3n) is 9.10. The van der Waals surface area contributed by atoms with E-state index in [1.54, 1.807) is 4.90 Å². The molecular weight excluding hydrogens is 562 g/mol. The molecule has 3 aliphatic heterocycles. The standard InChI is InChI=1S/C34H43N3O5S/c1-34(2)23-32(38)37(24-42-33(39)25-10-19-40-20-11-25)30-22-26(8-9-28(30)34)41-18-4-3-13-35-14-16-36(17-15-35)29-6-5-7-31-27(29)12-21-43-31/h5-9,12,21-22,25H,3-4,10-11,13-20,23-24H2,1-2H3. The first-order valence-corrected chi connectivity index (χ1v) is 16.5. The summed E-state index contributed by atoms with van der Waals surface area (Å²) in [6.45, 7) is 11.2. The third-order valence-corrected chi connectivity index (χ3v) is 9.98. The van der Waals surface area contributed by atoms with Crippen molar-refractivity contribution in [3.63, 3.8) is 0 Å². The summed E-state index contributed by atoms with van der Waals surface area (Å²) in [5, 5.41) is 3.55. The van der Waals surface area contributed by atoms with Gasteiger partial charge in [0.15, 0.2) is 6.73 Å². The van der Waals surface area contributed by atoms with Gasteiger partial charge in [0, 0.05) is 73.1 Å². The number of unbranched alkanes of at least 4 members (excludes halogenated alkanes) is 1. The molecule has 2 fully saturated rings. The maximum absolute atomic E-state index is 13.1. The van der Waals surface area contributed by atoms with E-state index >= 15 is 0 Å². The molecule has 0 radical (unpaired) electrons. The molecule has 2 saturated heterocycles. The van der Waals surface area contributed by atoms with Crippen molar-refractivity contribution >= 4 is 44.7 Å². The fourth-order valence-corrected chi connectivity index (χ4v) is 7.32. The number of piperazine rings is 1. The Balaban J connectivity index is 0.980. The first-order valence-electron chi connectivity index (χ1n) is 15.6. The molecule has 230 valence electrons. The molecule has 0 saturated carbocycles. The Hall–Kier alpha value is -3.14. The van der Waals surface area contributed by atoms with E-state index in [2.05, 4.69) is 59.4 Å². The average Bonchev–Trinajstić information content (AvgIpc) is 3.50. The van der Waals surface area contributed by atoms with Crippen molar-refractivity contribution in [2.45, 2.75) is 51.4 Å². The Bertz CT molecular complexity index is 1420. The van der Waals surface area contributed by atoms with E-state index < -0.39 is 0 Å². The van der Waals surface area contributed by atoms with E-state index in [4.69, 9.17) is 14.2 Å². The first-order chi connectivity index (χ1) is 20.9. The number of anilines is 2. The van der Waals surface area contributed by atoms with Crippen LogP contribution in [0, 0.1) is 5.92 Å². The molecule has 43 heavy (non-hydrogen) atoms. The largest absolute Gasteiger partial charge is 0.494 e. The van der Waals surface area contributed by atoms with Crippen LogP contribution in [0.25, 0.3) is 10.1 Å². The molecule has 0 aliphatic carbocycles. The fraction of sp³-hybridized carbons (Fsp3) is 0.529. The van der Waals surface area contributed by atoms with Crippen LogP contribution in [0.2, 0.25) is 0 Å². The van der Waals surface area contributed by atoms with Crippen molar-refractivity contribution in [2.75, 3.05) is 69.1 Å². The lowest BCUT2D eigenvalue weighted by molar-refractivity contribution is -0.152. The molecule has 3 aromatic rings. The number of hydrogen-bond acceptors (Lipinski definition) is 8. The molecule has 0 N–H and O–H groups in total. The highest BCUT2D eigenvalue weighted by atomic mass is 32.1. The lowest BCUT2D eigenvalue weighted by Gasteiger charge is -2.38. The van der Waals surface area contributed by atoms with Crippen LogP contribution in [-0.2, 0) is 24.5 Å². The number of ether oxygens (including phenoxy) is 3. The summed E-state index contributed by atoms with van der Waals surface area (Å²) in [4.78, 5) is 32.5. The van der Waals surface area contributed by atoms with Gasteiger partial charge in [0.25, 0.3) is 0 Å². The molecule has 1 aromatic heterocycles. The zero-order valence-electron chi connectivity index (χ0n) is 25.4. The highest BCUT2D eigenvalue weighted by Gasteiger charge is 2.37. The molecule has 0 atom stereocenters. The van der Waals surface area contributed by atoms with Crippen LogP contribution in [0.15, 0.2) is 47.8 Å². The summed E-state index contributed by atoms with van der Waals surface area (Å²) in [5.74, 6) is 0.281. The van der Waals surface area contributed by atoms with E-state index in [0.717, 1.165) is 62.6 Å². The average molecular weight is 606 g/mol. The smallest absolute Gasteiger partial charge is 0.310 e. The molecule has 3 aliphatic rings. The minimum atomic E-state index is -0.299. The Morgan fingerprint density at radius 2 is 1.84 bits per heavy atom. The number of amides is 1. The molecule has 0 spiro atoms. The van der Waals surface area contributed by atoms with Crippen LogP contribution in [0.4, 0.5) is 11.4 Å². The number of esters is 1. The number of rotatable bonds is 10. The normalized spacial score (nSPS) is 19.4. The number of carbonyl (C=O) groups is 2. The number of hydrogen-bond donors (Lipinski definition) is 0. The Labute approximate surface area is 258 Å². The van der Waals surface area contributed by atoms with Crippen molar-refractivity contribution in [3.05, 3.63) is 53.4 Å². The SMILES string of the molecule is CC1(C)CC(=O)N(COC(=O)C2CCOCC2)c2cc(OCCCCN3CCN(c4cccc5sccc45)CC3)ccc21. The van der Waals surface area contributed by atoms with Gasteiger partial charge in [0.1, 0.15) is 5.75 Å². The van der Waals surface area contributed by atoms with Crippen molar-refractivity contribution < 1.29 is 23.8 Å². The van der Waals surface area contributed by atoms with Crippen molar-refractivity contribution in [1.82, 2.24) is 4.90 Å². The fourth-order valence-electron chi connectivity index (χ4n) is 6.51. The predicted molar refractivity (Wildman–Crippen MR) is 171 cm³/mol. The van der Waals surface area contributed by atoms with Crippen LogP contribution in [0.5, 0.6) is 5.75 Å². The van der Waals surface area contributed by atoms with Gasteiger partial charge in [-0.2, -0.15) is 0 Å². The molecule has 9 heteroatoms. The van der Waals surface area contributed by atoms with E-state index in [0.29, 0.717) is 39.1 Å². The molecular formula is C34H43N3O5S. The highest BCUT2D eigenvalue weighted by molar-refractivity contribution is 7.17.